The number of fused-ring (bicyclic) bond motifs is 1. The predicted octanol–water partition coefficient (Wildman–Crippen LogP) is 3.56. The summed E-state index contributed by atoms with van der Waals surface area (Å²) in [6, 6.07) is 3.54. The number of rotatable bonds is 2. The lowest BCUT2D eigenvalue weighted by Gasteiger charge is -2.12. The Hall–Kier alpha value is -1.19. The van der Waals surface area contributed by atoms with Crippen LogP contribution in [0.25, 0.3) is 10.8 Å². The van der Waals surface area contributed by atoms with Gasteiger partial charge in [-0.15, -0.1) is 0 Å². The van der Waals surface area contributed by atoms with Gasteiger partial charge in [0.15, 0.2) is 11.5 Å². The molecule has 0 aliphatic carbocycles. The van der Waals surface area contributed by atoms with E-state index in [2.05, 4.69) is 4.98 Å². The average Bonchev–Trinajstić information content (AvgIpc) is 2.30. The molecule has 1 aromatic heterocycles. The van der Waals surface area contributed by atoms with Crippen LogP contribution in [0.1, 0.15) is 0 Å². The van der Waals surface area contributed by atoms with Crippen molar-refractivity contribution in [2.45, 2.75) is 0 Å². The first kappa shape index (κ1) is 11.3. The van der Waals surface area contributed by atoms with E-state index in [-0.39, 0.29) is 0 Å². The Morgan fingerprint density at radius 2 is 1.88 bits per heavy atom. The molecule has 0 N–H and O–H groups in total. The summed E-state index contributed by atoms with van der Waals surface area (Å²) in [5, 5.41) is 2.40. The predicted molar refractivity (Wildman–Crippen MR) is 64.9 cm³/mol. The Morgan fingerprint density at radius 3 is 2.50 bits per heavy atom. The summed E-state index contributed by atoms with van der Waals surface area (Å²) in [6.45, 7) is 0. The van der Waals surface area contributed by atoms with E-state index in [1.54, 1.807) is 32.5 Å². The quantitative estimate of drug-likeness (QED) is 0.772. The van der Waals surface area contributed by atoms with Crippen molar-refractivity contribution in [3.05, 3.63) is 28.5 Å². The van der Waals surface area contributed by atoms with E-state index in [1.807, 2.05) is 0 Å². The van der Waals surface area contributed by atoms with Crippen LogP contribution >= 0.6 is 23.2 Å². The Balaban J connectivity index is 2.87. The zero-order valence-electron chi connectivity index (χ0n) is 8.75. The van der Waals surface area contributed by atoms with Gasteiger partial charge in [0.25, 0.3) is 0 Å². The minimum atomic E-state index is 0.389. The van der Waals surface area contributed by atoms with Crippen molar-refractivity contribution in [3.63, 3.8) is 0 Å². The van der Waals surface area contributed by atoms with Crippen molar-refractivity contribution >= 4 is 34.0 Å². The summed E-state index contributed by atoms with van der Waals surface area (Å²) >= 11 is 12.2. The third-order valence-corrected chi connectivity index (χ3v) is 2.98. The third kappa shape index (κ3) is 1.66. The monoisotopic (exact) mass is 257 g/mol. The van der Waals surface area contributed by atoms with Gasteiger partial charge in [-0.1, -0.05) is 23.2 Å². The highest BCUT2D eigenvalue weighted by molar-refractivity contribution is 6.40. The zero-order chi connectivity index (χ0) is 11.7. The summed E-state index contributed by atoms with van der Waals surface area (Å²) in [7, 11) is 3.09. The van der Waals surface area contributed by atoms with Crippen LogP contribution in [0.4, 0.5) is 0 Å². The number of aromatic nitrogens is 1. The molecule has 5 heteroatoms. The first-order chi connectivity index (χ1) is 7.69. The van der Waals surface area contributed by atoms with E-state index in [9.17, 15) is 0 Å². The standard InChI is InChI=1S/C11H9Cl2NO2/c1-15-8-5-7-6(3-4-14-11(7)13)9(12)10(8)16-2/h3-5H,1-2H3. The van der Waals surface area contributed by atoms with Crippen LogP contribution in [0.5, 0.6) is 11.5 Å². The molecule has 0 bridgehead atoms. The zero-order valence-corrected chi connectivity index (χ0v) is 10.3. The first-order valence-electron chi connectivity index (χ1n) is 4.53. The summed E-state index contributed by atoms with van der Waals surface area (Å²) in [6.07, 6.45) is 1.60. The van der Waals surface area contributed by atoms with Gasteiger partial charge >= 0.3 is 0 Å². The third-order valence-electron chi connectivity index (χ3n) is 2.30. The van der Waals surface area contributed by atoms with E-state index >= 15 is 0 Å². The van der Waals surface area contributed by atoms with Crippen LogP contribution in [0.3, 0.4) is 0 Å². The van der Waals surface area contributed by atoms with E-state index in [4.69, 9.17) is 32.7 Å². The maximum Gasteiger partial charge on any atom is 0.180 e. The Bertz CT molecular complexity index is 543. The van der Waals surface area contributed by atoms with Crippen molar-refractivity contribution in [2.75, 3.05) is 14.2 Å². The Labute approximate surface area is 103 Å². The normalized spacial score (nSPS) is 10.5. The highest BCUT2D eigenvalue weighted by Crippen LogP contribution is 2.42. The van der Waals surface area contributed by atoms with Crippen LogP contribution in [-0.2, 0) is 0 Å². The van der Waals surface area contributed by atoms with E-state index < -0.39 is 0 Å². The summed E-state index contributed by atoms with van der Waals surface area (Å²) in [5.41, 5.74) is 0. The number of benzene rings is 1. The van der Waals surface area contributed by atoms with Crippen molar-refractivity contribution in [1.29, 1.82) is 0 Å². The summed E-state index contributed by atoms with van der Waals surface area (Å²) in [5.74, 6) is 1.04. The maximum atomic E-state index is 6.21. The fraction of sp³-hybridized carbons (Fsp3) is 0.182. The van der Waals surface area contributed by atoms with Gasteiger partial charge in [0.1, 0.15) is 5.15 Å². The van der Waals surface area contributed by atoms with E-state index in [1.165, 1.54) is 0 Å². The van der Waals surface area contributed by atoms with Gasteiger partial charge in [-0.2, -0.15) is 0 Å². The number of ether oxygens (including phenoxy) is 2. The van der Waals surface area contributed by atoms with E-state index in [0.717, 1.165) is 10.8 Å². The minimum absolute atomic E-state index is 0.389. The van der Waals surface area contributed by atoms with Crippen LogP contribution in [0, 0.1) is 0 Å². The first-order valence-corrected chi connectivity index (χ1v) is 5.29. The molecule has 1 heterocycles. The number of hydrogen-bond donors (Lipinski definition) is 0. The second kappa shape index (κ2) is 4.36. The molecule has 0 radical (unpaired) electrons. The molecular formula is C11H9Cl2NO2. The average molecular weight is 258 g/mol. The van der Waals surface area contributed by atoms with Crippen molar-refractivity contribution < 1.29 is 9.47 Å². The van der Waals surface area contributed by atoms with Gasteiger partial charge in [0, 0.05) is 17.0 Å². The Morgan fingerprint density at radius 1 is 1.12 bits per heavy atom. The number of nitrogens with zero attached hydrogens (tertiary/aromatic N) is 1. The second-order valence-electron chi connectivity index (χ2n) is 3.12. The van der Waals surface area contributed by atoms with E-state index in [0.29, 0.717) is 21.7 Å². The van der Waals surface area contributed by atoms with Crippen LogP contribution in [0.2, 0.25) is 10.2 Å². The maximum absolute atomic E-state index is 6.21. The second-order valence-corrected chi connectivity index (χ2v) is 3.86. The van der Waals surface area contributed by atoms with Gasteiger partial charge in [0.2, 0.25) is 0 Å². The molecule has 1 aromatic carbocycles. The summed E-state index contributed by atoms with van der Waals surface area (Å²) in [4.78, 5) is 3.99. The highest BCUT2D eigenvalue weighted by atomic mass is 35.5. The van der Waals surface area contributed by atoms with Crippen molar-refractivity contribution in [2.24, 2.45) is 0 Å². The largest absolute Gasteiger partial charge is 0.493 e. The van der Waals surface area contributed by atoms with Gasteiger partial charge < -0.3 is 9.47 Å². The highest BCUT2D eigenvalue weighted by Gasteiger charge is 2.14. The molecule has 0 amide bonds. The molecule has 0 aliphatic rings. The topological polar surface area (TPSA) is 31.4 Å². The van der Waals surface area contributed by atoms with Gasteiger partial charge in [0.05, 0.1) is 19.2 Å². The molecule has 84 valence electrons. The SMILES string of the molecule is COc1cc2c(Cl)nccc2c(Cl)c1OC. The van der Waals surface area contributed by atoms with Gasteiger partial charge in [-0.05, 0) is 12.1 Å². The van der Waals surface area contributed by atoms with Gasteiger partial charge in [-0.3, -0.25) is 0 Å². The molecule has 16 heavy (non-hydrogen) atoms. The molecule has 0 aliphatic heterocycles. The molecule has 2 rings (SSSR count). The molecule has 0 atom stereocenters. The molecule has 0 unspecified atom stereocenters. The van der Waals surface area contributed by atoms with Crippen LogP contribution < -0.4 is 9.47 Å². The molecule has 0 spiro atoms. The number of halogens is 2. The molecule has 3 nitrogen and oxygen atoms in total. The van der Waals surface area contributed by atoms with Crippen LogP contribution in [-0.4, -0.2) is 19.2 Å². The number of hydrogen-bond acceptors (Lipinski definition) is 3. The molecule has 0 fully saturated rings. The lowest BCUT2D eigenvalue weighted by Crippen LogP contribution is -1.93. The fourth-order valence-electron chi connectivity index (χ4n) is 1.55. The smallest absolute Gasteiger partial charge is 0.180 e. The van der Waals surface area contributed by atoms with Gasteiger partial charge in [-0.25, -0.2) is 4.98 Å². The minimum Gasteiger partial charge on any atom is -0.493 e. The number of methoxy groups -OCH3 is 2. The van der Waals surface area contributed by atoms with Crippen molar-refractivity contribution in [3.8, 4) is 11.5 Å². The summed E-state index contributed by atoms with van der Waals surface area (Å²) < 4.78 is 10.4. The molecular weight excluding hydrogens is 249 g/mol. The molecule has 0 saturated heterocycles. The van der Waals surface area contributed by atoms with Crippen molar-refractivity contribution in [1.82, 2.24) is 4.98 Å². The fourth-order valence-corrected chi connectivity index (χ4v) is 2.09. The van der Waals surface area contributed by atoms with Crippen LogP contribution in [0.15, 0.2) is 18.3 Å². The lowest BCUT2D eigenvalue weighted by molar-refractivity contribution is 0.356. The lowest BCUT2D eigenvalue weighted by atomic mass is 10.1. The molecule has 0 saturated carbocycles. The number of pyridine rings is 1. The Kier molecular flexibility index (Phi) is 3.08. The molecule has 2 aromatic rings.